The van der Waals surface area contributed by atoms with Crippen molar-refractivity contribution in [3.8, 4) is 0 Å². The molecule has 0 aliphatic carbocycles. The van der Waals surface area contributed by atoms with Gasteiger partial charge in [-0.05, 0) is 55.6 Å². The van der Waals surface area contributed by atoms with Crippen molar-refractivity contribution < 1.29 is 14.4 Å². The first-order valence-corrected chi connectivity index (χ1v) is 9.29. The van der Waals surface area contributed by atoms with Gasteiger partial charge in [0.15, 0.2) is 0 Å². The Labute approximate surface area is 152 Å². The van der Waals surface area contributed by atoms with Crippen molar-refractivity contribution in [1.29, 1.82) is 0 Å². The van der Waals surface area contributed by atoms with E-state index in [1.54, 1.807) is 4.90 Å². The van der Waals surface area contributed by atoms with E-state index < -0.39 is 6.04 Å². The molecule has 3 heterocycles. The summed E-state index contributed by atoms with van der Waals surface area (Å²) < 4.78 is 0. The van der Waals surface area contributed by atoms with Gasteiger partial charge >= 0.3 is 0 Å². The minimum atomic E-state index is -0.552. The van der Waals surface area contributed by atoms with Crippen LogP contribution in [-0.4, -0.2) is 48.3 Å². The van der Waals surface area contributed by atoms with Gasteiger partial charge in [-0.25, -0.2) is 0 Å². The average Bonchev–Trinajstić information content (AvgIpc) is 3.23. The van der Waals surface area contributed by atoms with Crippen LogP contribution < -0.4 is 16.0 Å². The van der Waals surface area contributed by atoms with Crippen LogP contribution in [0.25, 0.3) is 0 Å². The highest BCUT2D eigenvalue weighted by Crippen LogP contribution is 2.28. The van der Waals surface area contributed by atoms with Crippen LogP contribution in [0.4, 0.5) is 0 Å². The first-order valence-electron chi connectivity index (χ1n) is 9.29. The quantitative estimate of drug-likeness (QED) is 0.653. The molecular formula is C19H24N4O3. The zero-order valence-electron chi connectivity index (χ0n) is 14.7. The molecule has 0 spiro atoms. The van der Waals surface area contributed by atoms with Crippen molar-refractivity contribution in [2.24, 2.45) is 5.92 Å². The van der Waals surface area contributed by atoms with Crippen LogP contribution >= 0.6 is 0 Å². The van der Waals surface area contributed by atoms with Crippen LogP contribution in [0.1, 0.15) is 40.7 Å². The third kappa shape index (κ3) is 3.37. The van der Waals surface area contributed by atoms with E-state index in [4.69, 9.17) is 0 Å². The van der Waals surface area contributed by atoms with Gasteiger partial charge in [-0.15, -0.1) is 0 Å². The van der Waals surface area contributed by atoms with Crippen molar-refractivity contribution in [2.75, 3.05) is 19.6 Å². The molecular weight excluding hydrogens is 332 g/mol. The number of amides is 3. The van der Waals surface area contributed by atoms with Crippen molar-refractivity contribution in [2.45, 2.75) is 38.4 Å². The molecule has 2 atom stereocenters. The Hall–Kier alpha value is -2.25. The highest BCUT2D eigenvalue weighted by atomic mass is 16.2. The first kappa shape index (κ1) is 17.2. The number of carbonyl (C=O) groups is 3. The van der Waals surface area contributed by atoms with E-state index in [0.29, 0.717) is 24.4 Å². The number of rotatable bonds is 5. The molecule has 2 fully saturated rings. The molecule has 3 aliphatic heterocycles. The zero-order valence-corrected chi connectivity index (χ0v) is 14.7. The monoisotopic (exact) mass is 356 g/mol. The summed E-state index contributed by atoms with van der Waals surface area (Å²) >= 11 is 0. The van der Waals surface area contributed by atoms with Gasteiger partial charge in [0.25, 0.3) is 5.91 Å². The number of imide groups is 1. The Morgan fingerprint density at radius 1 is 1.19 bits per heavy atom. The average molecular weight is 356 g/mol. The molecule has 4 rings (SSSR count). The highest BCUT2D eigenvalue weighted by molar-refractivity contribution is 6.05. The number of hydrogen-bond acceptors (Lipinski definition) is 5. The van der Waals surface area contributed by atoms with E-state index in [0.717, 1.165) is 37.3 Å². The maximum Gasteiger partial charge on any atom is 0.255 e. The first-order chi connectivity index (χ1) is 12.6. The summed E-state index contributed by atoms with van der Waals surface area (Å²) in [5.74, 6) is -0.0595. The van der Waals surface area contributed by atoms with Crippen molar-refractivity contribution in [3.05, 3.63) is 34.9 Å². The maximum atomic E-state index is 12.7. The molecule has 138 valence electrons. The fraction of sp³-hybridized carbons (Fsp3) is 0.526. The number of fused-ring (bicyclic) bond motifs is 1. The molecule has 3 aliphatic rings. The lowest BCUT2D eigenvalue weighted by Crippen LogP contribution is -2.52. The van der Waals surface area contributed by atoms with Gasteiger partial charge in [-0.2, -0.15) is 0 Å². The summed E-state index contributed by atoms with van der Waals surface area (Å²) in [6, 6.07) is 5.34. The zero-order chi connectivity index (χ0) is 18.1. The lowest BCUT2D eigenvalue weighted by atomic mass is 10.0. The molecule has 0 bridgehead atoms. The second-order valence-electron chi connectivity index (χ2n) is 7.38. The molecule has 2 unspecified atom stereocenters. The van der Waals surface area contributed by atoms with E-state index >= 15 is 0 Å². The Balaban J connectivity index is 1.39. The van der Waals surface area contributed by atoms with Gasteiger partial charge in [-0.1, -0.05) is 12.1 Å². The van der Waals surface area contributed by atoms with E-state index in [1.807, 2.05) is 12.1 Å². The van der Waals surface area contributed by atoms with E-state index in [-0.39, 0.29) is 24.1 Å². The van der Waals surface area contributed by atoms with Crippen LogP contribution in [0.15, 0.2) is 18.2 Å². The van der Waals surface area contributed by atoms with Gasteiger partial charge in [-0.3, -0.25) is 19.7 Å². The van der Waals surface area contributed by atoms with E-state index in [9.17, 15) is 14.4 Å². The van der Waals surface area contributed by atoms with E-state index in [1.165, 1.54) is 6.42 Å². The molecule has 0 aromatic heterocycles. The number of carbonyl (C=O) groups excluding carboxylic acids is 3. The minimum absolute atomic E-state index is 0.119. The molecule has 26 heavy (non-hydrogen) atoms. The summed E-state index contributed by atoms with van der Waals surface area (Å²) in [5, 5.41) is 9.19. The van der Waals surface area contributed by atoms with E-state index in [2.05, 4.69) is 22.0 Å². The SMILES string of the molecule is O=C1CCC(N2Cc3cc(CNCC4CCNC4)ccc3C2=O)C(=O)N1. The molecule has 1 aromatic rings. The smallest absolute Gasteiger partial charge is 0.255 e. The maximum absolute atomic E-state index is 12.7. The molecule has 3 N–H and O–H groups in total. The van der Waals surface area contributed by atoms with Gasteiger partial charge < -0.3 is 15.5 Å². The normalized spacial score (nSPS) is 25.5. The van der Waals surface area contributed by atoms with Crippen LogP contribution in [-0.2, 0) is 22.7 Å². The molecule has 7 nitrogen and oxygen atoms in total. The number of benzene rings is 1. The van der Waals surface area contributed by atoms with Crippen LogP contribution in [0.3, 0.4) is 0 Å². The molecule has 1 aromatic carbocycles. The van der Waals surface area contributed by atoms with Crippen LogP contribution in [0.5, 0.6) is 0 Å². The Bertz CT molecular complexity index is 742. The molecule has 3 amide bonds. The third-order valence-electron chi connectivity index (χ3n) is 5.51. The van der Waals surface area contributed by atoms with Crippen molar-refractivity contribution >= 4 is 17.7 Å². The van der Waals surface area contributed by atoms with Gasteiger partial charge in [0.1, 0.15) is 6.04 Å². The fourth-order valence-electron chi connectivity index (χ4n) is 4.05. The second-order valence-corrected chi connectivity index (χ2v) is 7.38. The summed E-state index contributed by atoms with van der Waals surface area (Å²) in [7, 11) is 0. The van der Waals surface area contributed by atoms with Gasteiger partial charge in [0.2, 0.25) is 11.8 Å². The molecule has 2 saturated heterocycles. The lowest BCUT2D eigenvalue weighted by molar-refractivity contribution is -0.136. The fourth-order valence-corrected chi connectivity index (χ4v) is 4.05. The number of hydrogen-bond donors (Lipinski definition) is 3. The van der Waals surface area contributed by atoms with Crippen LogP contribution in [0, 0.1) is 5.92 Å². The van der Waals surface area contributed by atoms with Gasteiger partial charge in [0.05, 0.1) is 0 Å². The Morgan fingerprint density at radius 2 is 2.08 bits per heavy atom. The summed E-state index contributed by atoms with van der Waals surface area (Å²) in [4.78, 5) is 37.7. The summed E-state index contributed by atoms with van der Waals surface area (Å²) in [5.41, 5.74) is 2.77. The molecule has 0 radical (unpaired) electrons. The minimum Gasteiger partial charge on any atom is -0.322 e. The van der Waals surface area contributed by atoms with Crippen molar-refractivity contribution in [3.63, 3.8) is 0 Å². The highest BCUT2D eigenvalue weighted by Gasteiger charge is 2.38. The number of nitrogens with one attached hydrogen (secondary N) is 3. The Morgan fingerprint density at radius 3 is 2.85 bits per heavy atom. The predicted octanol–water partition coefficient (Wildman–Crippen LogP) is 0.147. The Kier molecular flexibility index (Phi) is 4.74. The second kappa shape index (κ2) is 7.17. The lowest BCUT2D eigenvalue weighted by Gasteiger charge is -2.29. The molecule has 0 saturated carbocycles. The van der Waals surface area contributed by atoms with Gasteiger partial charge in [0, 0.05) is 25.1 Å². The third-order valence-corrected chi connectivity index (χ3v) is 5.51. The molecule has 7 heteroatoms. The number of nitrogens with zero attached hydrogens (tertiary/aromatic N) is 1. The van der Waals surface area contributed by atoms with Crippen molar-refractivity contribution in [1.82, 2.24) is 20.9 Å². The largest absolute Gasteiger partial charge is 0.322 e. The van der Waals surface area contributed by atoms with Crippen LogP contribution in [0.2, 0.25) is 0 Å². The topological polar surface area (TPSA) is 90.5 Å². The standard InChI is InChI=1S/C19H24N4O3/c24-17-4-3-16(18(25)22-17)23-11-14-7-12(1-2-15(14)19(23)26)8-21-10-13-5-6-20-9-13/h1-2,7,13,16,20-21H,3-6,8-11H2,(H,22,24,25). The number of piperidine rings is 1. The summed E-state index contributed by atoms with van der Waals surface area (Å²) in [6.07, 6.45) is 1.89. The summed E-state index contributed by atoms with van der Waals surface area (Å²) in [6.45, 7) is 4.37. The predicted molar refractivity (Wildman–Crippen MR) is 95.2 cm³/mol.